The summed E-state index contributed by atoms with van der Waals surface area (Å²) in [6.07, 6.45) is 19.9. The van der Waals surface area contributed by atoms with Crippen molar-refractivity contribution in [2.75, 3.05) is 0 Å². The van der Waals surface area contributed by atoms with Crippen LogP contribution in [0.15, 0.2) is 24.3 Å². The molecule has 1 aromatic carbocycles. The van der Waals surface area contributed by atoms with Crippen molar-refractivity contribution in [3.05, 3.63) is 35.4 Å². The zero-order valence-corrected chi connectivity index (χ0v) is 23.6. The first-order chi connectivity index (χ1) is 15.4. The topological polar surface area (TPSA) is 118 Å². The van der Waals surface area contributed by atoms with Crippen LogP contribution >= 0.6 is 0 Å². The molecule has 1 aromatic rings. The summed E-state index contributed by atoms with van der Waals surface area (Å²) < 4.78 is 0. The van der Waals surface area contributed by atoms with Crippen LogP contribution in [0.25, 0.3) is 0 Å². The normalized spacial score (nSPS) is 9.68. The summed E-state index contributed by atoms with van der Waals surface area (Å²) in [5, 5.41) is 28.9. The van der Waals surface area contributed by atoms with Gasteiger partial charge in [0.2, 0.25) is 0 Å². The van der Waals surface area contributed by atoms with Crippen LogP contribution in [0.3, 0.4) is 0 Å². The van der Waals surface area contributed by atoms with Gasteiger partial charge in [-0.2, -0.15) is 0 Å². The molecular formula is C26H40LiNaO6. The van der Waals surface area contributed by atoms with Gasteiger partial charge in [-0.05, 0) is 30.5 Å². The van der Waals surface area contributed by atoms with E-state index in [2.05, 4.69) is 6.92 Å². The number of aromatic carboxylic acids is 2. The zero-order chi connectivity index (χ0) is 24.0. The number of hydrogen-bond acceptors (Lipinski definition) is 5. The molecule has 0 bridgehead atoms. The maximum atomic E-state index is 10.3. The molecule has 6 nitrogen and oxygen atoms in total. The van der Waals surface area contributed by atoms with Crippen molar-refractivity contribution in [3.8, 4) is 0 Å². The maximum absolute atomic E-state index is 10.3. The average Bonchev–Trinajstić information content (AvgIpc) is 2.76. The van der Waals surface area contributed by atoms with E-state index >= 15 is 0 Å². The Morgan fingerprint density at radius 1 is 0.647 bits per heavy atom. The smallest absolute Gasteiger partial charge is 0.550 e. The molecule has 0 spiro atoms. The van der Waals surface area contributed by atoms with Crippen LogP contribution in [-0.4, -0.2) is 23.0 Å². The molecule has 0 heterocycles. The molecule has 34 heavy (non-hydrogen) atoms. The van der Waals surface area contributed by atoms with Crippen LogP contribution in [0.2, 0.25) is 0 Å². The van der Waals surface area contributed by atoms with Gasteiger partial charge in [0.15, 0.2) is 0 Å². The Morgan fingerprint density at radius 2 is 0.971 bits per heavy atom. The summed E-state index contributed by atoms with van der Waals surface area (Å²) in [6.45, 7) is 2.27. The fourth-order valence-corrected chi connectivity index (χ4v) is 3.39. The van der Waals surface area contributed by atoms with E-state index in [4.69, 9.17) is 5.11 Å². The van der Waals surface area contributed by atoms with E-state index in [1.807, 2.05) is 0 Å². The monoisotopic (exact) mass is 478 g/mol. The Kier molecular flexibility index (Phi) is 29.8. The predicted molar refractivity (Wildman–Crippen MR) is 122 cm³/mol. The Labute approximate surface area is 239 Å². The first kappa shape index (κ1) is 37.8. The van der Waals surface area contributed by atoms with Gasteiger partial charge in [0.1, 0.15) is 0 Å². The van der Waals surface area contributed by atoms with E-state index in [1.165, 1.54) is 108 Å². The van der Waals surface area contributed by atoms with Crippen molar-refractivity contribution < 1.29 is 78.1 Å². The van der Waals surface area contributed by atoms with Crippen LogP contribution in [0, 0.1) is 0 Å². The standard InChI is InChI=1S/C18H36O2.C8H6O4.Li.Na/c1-2-3-4-5-6-7-8-9-10-11-12-13-14-15-16-17-18(19)20;9-7(10)5-1-2-6(4-3-5)8(11)12;;/h2-17H2,1H3,(H,19,20);1-4H,(H,9,10)(H,11,12);;/q;;2*+1/p-2. The number of carboxylic acids is 3. The fourth-order valence-electron chi connectivity index (χ4n) is 3.39. The number of carbonyl (C=O) groups is 3. The Balaban J connectivity index is -0.000000590. The molecule has 182 valence electrons. The first-order valence-corrected chi connectivity index (χ1v) is 12.1. The minimum absolute atomic E-state index is 0. The number of benzene rings is 1. The summed E-state index contributed by atoms with van der Waals surface area (Å²) in [5.41, 5.74) is 0.0278. The Morgan fingerprint density at radius 3 is 1.26 bits per heavy atom. The number of aliphatic carboxylic acids is 1. The summed E-state index contributed by atoms with van der Waals surface area (Å²) in [4.78, 5) is 30.8. The quantitative estimate of drug-likeness (QED) is 0.208. The summed E-state index contributed by atoms with van der Waals surface area (Å²) in [6, 6.07) is 4.82. The molecule has 8 heteroatoms. The molecule has 0 aromatic heterocycles. The number of unbranched alkanes of at least 4 members (excludes halogenated alkanes) is 14. The van der Waals surface area contributed by atoms with Crippen LogP contribution < -0.4 is 58.6 Å². The zero-order valence-electron chi connectivity index (χ0n) is 21.6. The molecule has 0 fully saturated rings. The third kappa shape index (κ3) is 24.4. The van der Waals surface area contributed by atoms with Gasteiger partial charge < -0.3 is 24.9 Å². The van der Waals surface area contributed by atoms with E-state index < -0.39 is 17.9 Å². The molecule has 0 saturated carbocycles. The van der Waals surface area contributed by atoms with Gasteiger partial charge in [-0.3, -0.25) is 0 Å². The molecule has 0 aliphatic carbocycles. The molecule has 1 N–H and O–H groups in total. The van der Waals surface area contributed by atoms with Gasteiger partial charge in [-0.15, -0.1) is 0 Å². The van der Waals surface area contributed by atoms with Crippen LogP contribution in [-0.2, 0) is 4.79 Å². The molecule has 0 saturated heterocycles. The van der Waals surface area contributed by atoms with Crippen molar-refractivity contribution in [1.29, 1.82) is 0 Å². The molecule has 1 rings (SSSR count). The summed E-state index contributed by atoms with van der Waals surface area (Å²) in [5.74, 6) is -3.30. The van der Waals surface area contributed by atoms with E-state index in [0.29, 0.717) is 0 Å². The van der Waals surface area contributed by atoms with E-state index in [0.717, 1.165) is 12.8 Å². The molecular weight excluding hydrogens is 438 g/mol. The summed E-state index contributed by atoms with van der Waals surface area (Å²) in [7, 11) is 0. The van der Waals surface area contributed by atoms with Gasteiger partial charge in [-0.25, -0.2) is 4.79 Å². The fraction of sp³-hybridized carbons (Fsp3) is 0.654. The number of carboxylic acid groups (broad SMARTS) is 3. The SMILES string of the molecule is CCCCCCCCCCCCCCCCCC(=O)[O-].O=C([O-])c1ccc(C(=O)O)cc1.[Li+].[Na+]. The average molecular weight is 479 g/mol. The van der Waals surface area contributed by atoms with Crippen molar-refractivity contribution in [3.63, 3.8) is 0 Å². The minimum Gasteiger partial charge on any atom is -0.550 e. The van der Waals surface area contributed by atoms with E-state index in [9.17, 15) is 24.6 Å². The number of carbonyl (C=O) groups excluding carboxylic acids is 2. The number of hydrogen-bond donors (Lipinski definition) is 1. The van der Waals surface area contributed by atoms with Crippen molar-refractivity contribution in [1.82, 2.24) is 0 Å². The van der Waals surface area contributed by atoms with Crippen LogP contribution in [0.4, 0.5) is 0 Å². The number of rotatable bonds is 18. The molecule has 0 atom stereocenters. The van der Waals surface area contributed by atoms with Crippen molar-refractivity contribution >= 4 is 17.9 Å². The second kappa shape index (κ2) is 26.8. The van der Waals surface area contributed by atoms with Gasteiger partial charge in [-0.1, -0.05) is 109 Å². The molecule has 0 unspecified atom stereocenters. The van der Waals surface area contributed by atoms with E-state index in [-0.39, 0.29) is 66.0 Å². The molecule has 0 aliphatic rings. The third-order valence-electron chi connectivity index (χ3n) is 5.35. The van der Waals surface area contributed by atoms with Gasteiger partial charge >= 0.3 is 54.4 Å². The van der Waals surface area contributed by atoms with Gasteiger partial charge in [0.25, 0.3) is 0 Å². The van der Waals surface area contributed by atoms with Crippen molar-refractivity contribution in [2.24, 2.45) is 0 Å². The predicted octanol–water partition coefficient (Wildman–Crippen LogP) is -1.25. The molecule has 0 aliphatic heterocycles. The largest absolute Gasteiger partial charge is 1.00 e. The van der Waals surface area contributed by atoms with Crippen LogP contribution in [0.5, 0.6) is 0 Å². The Bertz CT molecular complexity index is 604. The first-order valence-electron chi connectivity index (χ1n) is 12.1. The molecule has 0 radical (unpaired) electrons. The molecule has 0 amide bonds. The second-order valence-electron chi connectivity index (χ2n) is 8.24. The van der Waals surface area contributed by atoms with Gasteiger partial charge in [0, 0.05) is 5.97 Å². The Hall–Kier alpha value is -0.773. The van der Waals surface area contributed by atoms with E-state index in [1.54, 1.807) is 0 Å². The second-order valence-corrected chi connectivity index (χ2v) is 8.24. The van der Waals surface area contributed by atoms with Crippen LogP contribution in [0.1, 0.15) is 130 Å². The minimum atomic E-state index is -1.31. The third-order valence-corrected chi connectivity index (χ3v) is 5.35. The maximum Gasteiger partial charge on any atom is 1.00 e. The summed E-state index contributed by atoms with van der Waals surface area (Å²) >= 11 is 0. The van der Waals surface area contributed by atoms with Gasteiger partial charge in [0.05, 0.1) is 11.5 Å². The van der Waals surface area contributed by atoms with Crippen molar-refractivity contribution in [2.45, 2.75) is 110 Å².